The van der Waals surface area contributed by atoms with Crippen LogP contribution in [-0.2, 0) is 0 Å². The minimum atomic E-state index is 0. The molecular formula is C20H35IN4O2. The molecule has 0 aromatic heterocycles. The van der Waals surface area contributed by atoms with E-state index in [1.54, 1.807) is 7.05 Å². The van der Waals surface area contributed by atoms with Gasteiger partial charge in [-0.2, -0.15) is 0 Å². The van der Waals surface area contributed by atoms with Gasteiger partial charge in [-0.15, -0.1) is 24.0 Å². The van der Waals surface area contributed by atoms with Gasteiger partial charge in [-0.3, -0.25) is 9.89 Å². The van der Waals surface area contributed by atoms with E-state index in [0.29, 0.717) is 25.3 Å². The smallest absolute Gasteiger partial charge is 0.195 e. The Morgan fingerprint density at radius 2 is 1.78 bits per heavy atom. The first kappa shape index (κ1) is 23.8. The number of halogens is 1. The van der Waals surface area contributed by atoms with E-state index in [4.69, 9.17) is 9.47 Å². The van der Waals surface area contributed by atoms with E-state index in [2.05, 4.69) is 48.2 Å². The molecule has 0 saturated carbocycles. The molecule has 2 N–H and O–H groups in total. The summed E-state index contributed by atoms with van der Waals surface area (Å²) >= 11 is 0. The largest absolute Gasteiger partial charge is 0.490 e. The van der Waals surface area contributed by atoms with Crippen molar-refractivity contribution < 1.29 is 9.47 Å². The Hall–Kier alpha value is -1.22. The molecule has 1 heterocycles. The van der Waals surface area contributed by atoms with Crippen molar-refractivity contribution in [2.24, 2.45) is 4.99 Å². The third kappa shape index (κ3) is 7.73. The van der Waals surface area contributed by atoms with Crippen LogP contribution in [-0.4, -0.2) is 56.3 Å². The summed E-state index contributed by atoms with van der Waals surface area (Å²) in [5.41, 5.74) is 0.938. The van der Waals surface area contributed by atoms with E-state index in [9.17, 15) is 0 Å². The summed E-state index contributed by atoms with van der Waals surface area (Å²) in [5.74, 6) is 2.35. The van der Waals surface area contributed by atoms with E-state index in [-0.39, 0.29) is 24.0 Å². The van der Waals surface area contributed by atoms with Gasteiger partial charge in [0.2, 0.25) is 0 Å². The van der Waals surface area contributed by atoms with Gasteiger partial charge in [0.25, 0.3) is 0 Å². The quantitative estimate of drug-likeness (QED) is 0.262. The highest BCUT2D eigenvalue weighted by Crippen LogP contribution is 2.32. The third-order valence-electron chi connectivity index (χ3n) is 4.45. The topological polar surface area (TPSA) is 58.1 Å². The second kappa shape index (κ2) is 12.3. The minimum absolute atomic E-state index is 0. The Balaban J connectivity index is 0.00000364. The summed E-state index contributed by atoms with van der Waals surface area (Å²) in [5, 5.41) is 6.71. The predicted molar refractivity (Wildman–Crippen MR) is 124 cm³/mol. The molecule has 0 spiro atoms. The van der Waals surface area contributed by atoms with E-state index < -0.39 is 0 Å². The fourth-order valence-electron chi connectivity index (χ4n) is 3.14. The first-order valence-corrected chi connectivity index (χ1v) is 9.64. The number of benzene rings is 1. The number of aliphatic imine (C=N–C) groups is 1. The zero-order chi connectivity index (χ0) is 18.9. The first-order chi connectivity index (χ1) is 12.5. The Morgan fingerprint density at radius 1 is 1.11 bits per heavy atom. The summed E-state index contributed by atoms with van der Waals surface area (Å²) in [6, 6.07) is 7.02. The van der Waals surface area contributed by atoms with Crippen LogP contribution in [0.1, 0.15) is 40.5 Å². The average Bonchev–Trinajstić information content (AvgIpc) is 2.84. The van der Waals surface area contributed by atoms with Gasteiger partial charge in [0.1, 0.15) is 0 Å². The SMILES string of the molecule is CN=C(NCCCN(C(C)C)C(C)C)Nc1ccc2c(c1)OCCCO2.I. The Labute approximate surface area is 181 Å². The summed E-state index contributed by atoms with van der Waals surface area (Å²) in [6.45, 7) is 12.3. The predicted octanol–water partition coefficient (Wildman–Crippen LogP) is 3.96. The minimum Gasteiger partial charge on any atom is -0.490 e. The second-order valence-electron chi connectivity index (χ2n) is 7.11. The van der Waals surface area contributed by atoms with Crippen LogP contribution in [0, 0.1) is 0 Å². The van der Waals surface area contributed by atoms with Crippen molar-refractivity contribution in [3.05, 3.63) is 18.2 Å². The summed E-state index contributed by atoms with van der Waals surface area (Å²) < 4.78 is 11.4. The molecule has 1 aliphatic rings. The molecule has 7 heteroatoms. The van der Waals surface area contributed by atoms with Crippen LogP contribution in [0.15, 0.2) is 23.2 Å². The maximum absolute atomic E-state index is 5.74. The lowest BCUT2D eigenvalue weighted by Crippen LogP contribution is -2.39. The Morgan fingerprint density at radius 3 is 2.41 bits per heavy atom. The number of nitrogens with zero attached hydrogens (tertiary/aromatic N) is 2. The Bertz CT molecular complexity index is 585. The molecule has 1 aromatic rings. The molecule has 0 saturated heterocycles. The maximum Gasteiger partial charge on any atom is 0.195 e. The lowest BCUT2D eigenvalue weighted by atomic mass is 10.2. The van der Waals surface area contributed by atoms with Crippen LogP contribution in [0.25, 0.3) is 0 Å². The normalized spacial score (nSPS) is 14.1. The zero-order valence-electron chi connectivity index (χ0n) is 17.2. The van der Waals surface area contributed by atoms with Crippen LogP contribution in [0.4, 0.5) is 5.69 Å². The number of nitrogens with one attached hydrogen (secondary N) is 2. The summed E-state index contributed by atoms with van der Waals surface area (Å²) in [6.07, 6.45) is 1.97. The molecule has 0 fully saturated rings. The average molecular weight is 490 g/mol. The van der Waals surface area contributed by atoms with Crippen molar-refractivity contribution in [3.8, 4) is 11.5 Å². The highest BCUT2D eigenvalue weighted by Gasteiger charge is 2.13. The van der Waals surface area contributed by atoms with Crippen molar-refractivity contribution in [2.75, 3.05) is 38.7 Å². The lowest BCUT2D eigenvalue weighted by Gasteiger charge is -2.30. The van der Waals surface area contributed by atoms with Gasteiger partial charge in [0, 0.05) is 50.4 Å². The van der Waals surface area contributed by atoms with E-state index in [1.807, 2.05) is 18.2 Å². The van der Waals surface area contributed by atoms with Crippen LogP contribution in [0.2, 0.25) is 0 Å². The van der Waals surface area contributed by atoms with Gasteiger partial charge in [0.05, 0.1) is 13.2 Å². The van der Waals surface area contributed by atoms with Crippen LogP contribution in [0.5, 0.6) is 11.5 Å². The standard InChI is InChI=1S/C20H34N4O2.HI/c1-15(2)24(16(3)4)11-6-10-22-20(21-5)23-17-8-9-18-19(14-17)26-13-7-12-25-18;/h8-9,14-16H,6-7,10-13H2,1-5H3,(H2,21,22,23);1H. The number of rotatable bonds is 7. The molecule has 0 radical (unpaired) electrons. The Kier molecular flexibility index (Phi) is 10.8. The number of hydrogen-bond donors (Lipinski definition) is 2. The van der Waals surface area contributed by atoms with Crippen molar-refractivity contribution >= 4 is 35.6 Å². The van der Waals surface area contributed by atoms with Crippen molar-refractivity contribution in [3.63, 3.8) is 0 Å². The number of fused-ring (bicyclic) bond motifs is 1. The number of hydrogen-bond acceptors (Lipinski definition) is 4. The van der Waals surface area contributed by atoms with Crippen molar-refractivity contribution in [1.29, 1.82) is 0 Å². The lowest BCUT2D eigenvalue weighted by molar-refractivity contribution is 0.173. The molecule has 154 valence electrons. The van der Waals surface area contributed by atoms with Gasteiger partial charge in [-0.25, -0.2) is 0 Å². The molecule has 0 amide bonds. The zero-order valence-corrected chi connectivity index (χ0v) is 19.6. The molecule has 0 unspecified atom stereocenters. The van der Waals surface area contributed by atoms with E-state index in [1.165, 1.54) is 0 Å². The van der Waals surface area contributed by atoms with Gasteiger partial charge in [-0.05, 0) is 46.2 Å². The van der Waals surface area contributed by atoms with Crippen LogP contribution < -0.4 is 20.1 Å². The van der Waals surface area contributed by atoms with E-state index >= 15 is 0 Å². The highest BCUT2D eigenvalue weighted by atomic mass is 127. The molecule has 1 aliphatic heterocycles. The molecule has 1 aromatic carbocycles. The fraction of sp³-hybridized carbons (Fsp3) is 0.650. The molecule has 0 aliphatic carbocycles. The van der Waals surface area contributed by atoms with Crippen LogP contribution >= 0.6 is 24.0 Å². The molecule has 6 nitrogen and oxygen atoms in total. The maximum atomic E-state index is 5.74. The van der Waals surface area contributed by atoms with Crippen LogP contribution in [0.3, 0.4) is 0 Å². The van der Waals surface area contributed by atoms with E-state index in [0.717, 1.165) is 49.1 Å². The molecule has 27 heavy (non-hydrogen) atoms. The first-order valence-electron chi connectivity index (χ1n) is 9.64. The van der Waals surface area contributed by atoms with Gasteiger partial charge >= 0.3 is 0 Å². The highest BCUT2D eigenvalue weighted by molar-refractivity contribution is 14.0. The molecular weight excluding hydrogens is 455 g/mol. The molecule has 0 bridgehead atoms. The molecule has 0 atom stereocenters. The number of anilines is 1. The summed E-state index contributed by atoms with van der Waals surface area (Å²) in [4.78, 5) is 6.81. The van der Waals surface area contributed by atoms with Gasteiger partial charge < -0.3 is 20.1 Å². The monoisotopic (exact) mass is 490 g/mol. The van der Waals surface area contributed by atoms with Gasteiger partial charge in [0.15, 0.2) is 17.5 Å². The fourth-order valence-corrected chi connectivity index (χ4v) is 3.14. The third-order valence-corrected chi connectivity index (χ3v) is 4.45. The summed E-state index contributed by atoms with van der Waals surface area (Å²) in [7, 11) is 1.78. The van der Waals surface area contributed by atoms with Crippen molar-refractivity contribution in [2.45, 2.75) is 52.6 Å². The van der Waals surface area contributed by atoms with Crippen molar-refractivity contribution in [1.82, 2.24) is 10.2 Å². The number of guanidine groups is 1. The number of ether oxygens (including phenoxy) is 2. The second-order valence-corrected chi connectivity index (χ2v) is 7.11. The molecule has 2 rings (SSSR count). The van der Waals surface area contributed by atoms with Gasteiger partial charge in [-0.1, -0.05) is 0 Å².